The Kier molecular flexibility index (Phi) is 4.53. The Hall–Kier alpha value is -3.66. The van der Waals surface area contributed by atoms with Crippen LogP contribution in [-0.4, -0.2) is 20.4 Å². The second-order valence-electron chi connectivity index (χ2n) is 6.91. The van der Waals surface area contributed by atoms with Crippen molar-refractivity contribution in [1.82, 2.24) is 0 Å². The summed E-state index contributed by atoms with van der Waals surface area (Å²) in [6.45, 7) is 0. The summed E-state index contributed by atoms with van der Waals surface area (Å²) in [6, 6.07) is 20.7. The summed E-state index contributed by atoms with van der Waals surface area (Å²) in [4.78, 5) is 0. The van der Waals surface area contributed by atoms with Crippen molar-refractivity contribution >= 4 is 10.8 Å². The van der Waals surface area contributed by atoms with Crippen molar-refractivity contribution < 1.29 is 20.4 Å². The van der Waals surface area contributed by atoms with Crippen molar-refractivity contribution in [2.24, 2.45) is 0 Å². The van der Waals surface area contributed by atoms with E-state index in [-0.39, 0.29) is 23.0 Å². The fourth-order valence-electron chi connectivity index (χ4n) is 3.54. The Morgan fingerprint density at radius 1 is 0.464 bits per heavy atom. The second kappa shape index (κ2) is 7.16. The first-order chi connectivity index (χ1) is 13.5. The van der Waals surface area contributed by atoms with Gasteiger partial charge in [0.2, 0.25) is 0 Å². The highest BCUT2D eigenvalue weighted by molar-refractivity contribution is 5.93. The molecule has 4 aromatic carbocycles. The molecule has 0 radical (unpaired) electrons. The first kappa shape index (κ1) is 17.7. The van der Waals surface area contributed by atoms with Gasteiger partial charge >= 0.3 is 0 Å². The van der Waals surface area contributed by atoms with E-state index >= 15 is 0 Å². The molecular weight excluding hydrogens is 352 g/mol. The summed E-state index contributed by atoms with van der Waals surface area (Å²) in [5.41, 5.74) is 3.35. The number of hydrogen-bond donors (Lipinski definition) is 4. The van der Waals surface area contributed by atoms with Crippen LogP contribution in [0.1, 0.15) is 22.3 Å². The average molecular weight is 372 g/mol. The molecule has 140 valence electrons. The van der Waals surface area contributed by atoms with Gasteiger partial charge < -0.3 is 20.4 Å². The number of rotatable bonds is 4. The van der Waals surface area contributed by atoms with Gasteiger partial charge in [-0.25, -0.2) is 0 Å². The molecule has 4 N–H and O–H groups in total. The summed E-state index contributed by atoms with van der Waals surface area (Å²) in [6.07, 6.45) is 0.935. The van der Waals surface area contributed by atoms with Gasteiger partial charge in [0.05, 0.1) is 0 Å². The molecule has 0 heterocycles. The van der Waals surface area contributed by atoms with Gasteiger partial charge in [0, 0.05) is 24.0 Å². The largest absolute Gasteiger partial charge is 0.508 e. The minimum atomic E-state index is 0.165. The number of benzene rings is 4. The maximum atomic E-state index is 10.6. The molecule has 0 amide bonds. The van der Waals surface area contributed by atoms with Crippen LogP contribution in [0.25, 0.3) is 10.8 Å². The van der Waals surface area contributed by atoms with E-state index in [1.165, 1.54) is 0 Å². The highest BCUT2D eigenvalue weighted by atomic mass is 16.3. The molecular formula is C24H20O4. The molecule has 4 aromatic rings. The molecule has 0 saturated carbocycles. The van der Waals surface area contributed by atoms with Crippen molar-refractivity contribution in [2.75, 3.05) is 0 Å². The van der Waals surface area contributed by atoms with Crippen LogP contribution in [0.4, 0.5) is 0 Å². The predicted octanol–water partition coefficient (Wildman–Crippen LogP) is 4.84. The number of phenols is 4. The van der Waals surface area contributed by atoms with Crippen LogP contribution in [0.15, 0.2) is 72.8 Å². The first-order valence-electron chi connectivity index (χ1n) is 9.02. The number of fused-ring (bicyclic) bond motifs is 1. The molecule has 0 unspecified atom stereocenters. The normalized spacial score (nSPS) is 11.0. The van der Waals surface area contributed by atoms with E-state index < -0.39 is 0 Å². The van der Waals surface area contributed by atoms with Crippen molar-refractivity contribution in [2.45, 2.75) is 12.8 Å². The molecule has 0 aliphatic heterocycles. The third kappa shape index (κ3) is 3.45. The van der Waals surface area contributed by atoms with Crippen molar-refractivity contribution in [3.05, 3.63) is 95.1 Å². The zero-order valence-electron chi connectivity index (χ0n) is 15.1. The smallest absolute Gasteiger partial charge is 0.119 e. The van der Waals surface area contributed by atoms with Crippen LogP contribution in [-0.2, 0) is 12.8 Å². The molecule has 0 fully saturated rings. The summed E-state index contributed by atoms with van der Waals surface area (Å²) >= 11 is 0. The zero-order chi connectivity index (χ0) is 19.7. The van der Waals surface area contributed by atoms with Crippen LogP contribution in [0.2, 0.25) is 0 Å². The zero-order valence-corrected chi connectivity index (χ0v) is 15.1. The Morgan fingerprint density at radius 3 is 1.25 bits per heavy atom. The van der Waals surface area contributed by atoms with Crippen LogP contribution in [0.3, 0.4) is 0 Å². The fourth-order valence-corrected chi connectivity index (χ4v) is 3.54. The predicted molar refractivity (Wildman–Crippen MR) is 109 cm³/mol. The molecule has 0 aromatic heterocycles. The molecule has 0 aliphatic rings. The molecule has 28 heavy (non-hydrogen) atoms. The van der Waals surface area contributed by atoms with E-state index in [1.54, 1.807) is 36.4 Å². The maximum Gasteiger partial charge on any atom is 0.119 e. The third-order valence-corrected chi connectivity index (χ3v) is 4.99. The molecule has 0 saturated heterocycles. The van der Waals surface area contributed by atoms with Gasteiger partial charge in [-0.05, 0) is 58.3 Å². The topological polar surface area (TPSA) is 80.9 Å². The van der Waals surface area contributed by atoms with Crippen LogP contribution >= 0.6 is 0 Å². The molecule has 0 bridgehead atoms. The molecule has 4 rings (SSSR count). The summed E-state index contributed by atoms with van der Waals surface area (Å²) in [5.74, 6) is 0.712. The van der Waals surface area contributed by atoms with Crippen molar-refractivity contribution in [1.29, 1.82) is 0 Å². The van der Waals surface area contributed by atoms with Gasteiger partial charge in [-0.3, -0.25) is 0 Å². The lowest BCUT2D eigenvalue weighted by atomic mass is 9.91. The maximum absolute atomic E-state index is 10.6. The summed E-state index contributed by atoms with van der Waals surface area (Å²) in [7, 11) is 0. The van der Waals surface area contributed by atoms with Crippen molar-refractivity contribution in [3.8, 4) is 23.0 Å². The SMILES string of the molecule is Oc1ccc(Cc2c(O)ccc3ccc(O)c(Cc4ccc(O)cc4)c23)cc1. The Balaban J connectivity index is 1.86. The van der Waals surface area contributed by atoms with E-state index in [4.69, 9.17) is 0 Å². The van der Waals surface area contributed by atoms with Gasteiger partial charge in [0.25, 0.3) is 0 Å². The molecule has 0 aliphatic carbocycles. The summed E-state index contributed by atoms with van der Waals surface area (Å²) < 4.78 is 0. The van der Waals surface area contributed by atoms with Gasteiger partial charge in [0.15, 0.2) is 0 Å². The minimum absolute atomic E-state index is 0.165. The van der Waals surface area contributed by atoms with Gasteiger partial charge in [-0.15, -0.1) is 0 Å². The van der Waals surface area contributed by atoms with Crippen LogP contribution in [0, 0.1) is 0 Å². The lowest BCUT2D eigenvalue weighted by molar-refractivity contribution is 0.468. The average Bonchev–Trinajstić information content (AvgIpc) is 2.69. The van der Waals surface area contributed by atoms with E-state index in [0.29, 0.717) is 12.8 Å². The van der Waals surface area contributed by atoms with Crippen LogP contribution < -0.4 is 0 Å². The van der Waals surface area contributed by atoms with E-state index in [0.717, 1.165) is 33.0 Å². The third-order valence-electron chi connectivity index (χ3n) is 4.99. The lowest BCUT2D eigenvalue weighted by Gasteiger charge is -2.15. The monoisotopic (exact) mass is 372 g/mol. The molecule has 4 heteroatoms. The van der Waals surface area contributed by atoms with Crippen molar-refractivity contribution in [3.63, 3.8) is 0 Å². The summed E-state index contributed by atoms with van der Waals surface area (Å²) in [5, 5.41) is 41.9. The lowest BCUT2D eigenvalue weighted by Crippen LogP contribution is -1.97. The van der Waals surface area contributed by atoms with E-state index in [9.17, 15) is 20.4 Å². The van der Waals surface area contributed by atoms with E-state index in [2.05, 4.69) is 0 Å². The molecule has 4 nitrogen and oxygen atoms in total. The Bertz CT molecular complexity index is 1040. The van der Waals surface area contributed by atoms with Gasteiger partial charge in [-0.2, -0.15) is 0 Å². The first-order valence-corrected chi connectivity index (χ1v) is 9.02. The van der Waals surface area contributed by atoms with Gasteiger partial charge in [-0.1, -0.05) is 36.4 Å². The second-order valence-corrected chi connectivity index (χ2v) is 6.91. The number of aromatic hydroxyl groups is 4. The number of hydrogen-bond acceptors (Lipinski definition) is 4. The standard InChI is InChI=1S/C24H20O4/c25-18-7-1-15(2-8-18)13-20-22(27)11-5-17-6-12-23(28)21(24(17)20)14-16-3-9-19(26)10-4-16/h1-12,25-28H,13-14H2. The minimum Gasteiger partial charge on any atom is -0.508 e. The van der Waals surface area contributed by atoms with Crippen LogP contribution in [0.5, 0.6) is 23.0 Å². The van der Waals surface area contributed by atoms with Gasteiger partial charge in [0.1, 0.15) is 23.0 Å². The molecule has 0 atom stereocenters. The van der Waals surface area contributed by atoms with E-state index in [1.807, 2.05) is 36.4 Å². The quantitative estimate of drug-likeness (QED) is 0.413. The molecule has 0 spiro atoms. The highest BCUT2D eigenvalue weighted by Gasteiger charge is 2.15. The fraction of sp³-hybridized carbons (Fsp3) is 0.0833. The Labute approximate surface area is 162 Å². The Morgan fingerprint density at radius 2 is 0.857 bits per heavy atom. The number of phenolic OH excluding ortho intramolecular Hbond substituents is 4. The highest BCUT2D eigenvalue weighted by Crippen LogP contribution is 2.37.